The van der Waals surface area contributed by atoms with Crippen LogP contribution in [0.2, 0.25) is 0 Å². The number of hydrogen-bond donors (Lipinski definition) is 5. The number of hydrogen-bond acceptors (Lipinski definition) is 19. The lowest BCUT2D eigenvalue weighted by molar-refractivity contribution is -0.116. The van der Waals surface area contributed by atoms with E-state index in [1.54, 1.807) is 54.2 Å². The number of ketones is 3. The number of piperazine rings is 1. The van der Waals surface area contributed by atoms with Crippen molar-refractivity contribution in [3.63, 3.8) is 0 Å². The average Bonchev–Trinajstić information content (AvgIpc) is 1.41. The number of carbonyl (C=O) groups excluding carboxylic acids is 5. The van der Waals surface area contributed by atoms with Crippen molar-refractivity contribution in [1.29, 1.82) is 0 Å². The van der Waals surface area contributed by atoms with Crippen molar-refractivity contribution >= 4 is 51.9 Å². The number of methoxy groups -OCH3 is 2. The van der Waals surface area contributed by atoms with Gasteiger partial charge in [-0.15, -0.1) is 0 Å². The largest absolute Gasteiger partial charge is 0.507 e. The lowest BCUT2D eigenvalue weighted by Gasteiger charge is -2.40. The topological polar surface area (TPSA) is 286 Å². The van der Waals surface area contributed by atoms with Crippen molar-refractivity contribution in [1.82, 2.24) is 24.6 Å². The van der Waals surface area contributed by atoms with Gasteiger partial charge in [0, 0.05) is 119 Å². The lowest BCUT2D eigenvalue weighted by atomic mass is 9.78. The Bertz CT molecular complexity index is 3470. The Morgan fingerprint density at radius 3 is 2.17 bits per heavy atom. The third kappa shape index (κ3) is 11.0. The van der Waals surface area contributed by atoms with Crippen LogP contribution in [-0.2, 0) is 23.7 Å². The van der Waals surface area contributed by atoms with E-state index in [-0.39, 0.29) is 89.9 Å². The first-order valence-electron chi connectivity index (χ1n) is 29.2. The number of aromatic nitrogens is 1. The molecule has 1 saturated carbocycles. The van der Waals surface area contributed by atoms with E-state index in [0.29, 0.717) is 44.7 Å². The normalized spacial score (nSPS) is 30.2. The molecule has 10 atom stereocenters. The molecule has 8 aliphatic rings. The number of nitrogens with zero attached hydrogens (tertiary/aromatic N) is 5. The number of ether oxygens (including phenoxy) is 6. The van der Waals surface area contributed by atoms with Crippen LogP contribution in [0, 0.1) is 36.4 Å². The van der Waals surface area contributed by atoms with E-state index in [4.69, 9.17) is 28.4 Å². The minimum Gasteiger partial charge on any atom is -0.507 e. The quantitative estimate of drug-likeness (QED) is 0.192. The fraction of sp³-hybridized carbons (Fsp3) is 0.532. The number of aromatic hydroxyl groups is 1. The second kappa shape index (κ2) is 24.3. The molecule has 4 fully saturated rings. The standard InChI is InChI=1S/C62H75FN6O17/c1-30-11-10-12-31(2)59(77)64-45-48(67-22-25-83-26-23-67)54(75)42-43(53(45)74)51(72)35(6)56-44(42)58(76)62(7,86-56)84-24-16-41(81-8)32(3)55(34(5)50(71)33(4)49(30)70)85-61(80)68-17-15-37(28-68)65-18-20-66(21-19-65)47-40(63)27-38-46(57(47)82-9)69(36-13-14-36)29-39(52(38)73)60(78)79/h10-12,16,24,27,29-30,32-34,36-37,41,49-50,55,70-72H,13-15,17-23,25-26,28H2,1-9H3,(H,64,77)(H,78,79)/b11-10+,24-16+,31-12-/t30-,32+,33+,34+,37?,41-,49-,50+,55+,62-/m0/s1. The number of aromatic carboxylic acids is 1. The zero-order valence-corrected chi connectivity index (χ0v) is 49.7. The molecule has 23 nitrogen and oxygen atoms in total. The van der Waals surface area contributed by atoms with E-state index >= 15 is 4.39 Å². The molecule has 462 valence electrons. The number of halogens is 1. The number of aliphatic hydroxyl groups is 2. The van der Waals surface area contributed by atoms with Crippen molar-refractivity contribution < 1.29 is 82.0 Å². The van der Waals surface area contributed by atoms with E-state index < -0.39 is 129 Å². The smallest absolute Gasteiger partial charge is 0.410 e. The molecule has 0 radical (unpaired) electrons. The van der Waals surface area contributed by atoms with Gasteiger partial charge in [0.1, 0.15) is 40.2 Å². The van der Waals surface area contributed by atoms with Crippen LogP contribution in [0.15, 0.2) is 64.6 Å². The van der Waals surface area contributed by atoms with Gasteiger partial charge in [0.2, 0.25) is 17.0 Å². The van der Waals surface area contributed by atoms with E-state index in [1.165, 1.54) is 59.6 Å². The van der Waals surface area contributed by atoms with Crippen molar-refractivity contribution in [3.8, 4) is 17.2 Å². The summed E-state index contributed by atoms with van der Waals surface area (Å²) in [6.07, 6.45) is 5.61. The molecule has 2 amide bonds. The maximum Gasteiger partial charge on any atom is 0.410 e. The van der Waals surface area contributed by atoms with Gasteiger partial charge >= 0.3 is 17.8 Å². The number of carboxylic acids is 1. The molecule has 5 N–H and O–H groups in total. The second-order valence-electron chi connectivity index (χ2n) is 23.8. The molecule has 86 heavy (non-hydrogen) atoms. The number of phenols is 1. The van der Waals surface area contributed by atoms with Gasteiger partial charge in [0.05, 0.1) is 72.5 Å². The van der Waals surface area contributed by atoms with Crippen molar-refractivity contribution in [2.75, 3.05) is 84.7 Å². The number of Topliss-reactive ketones (excluding diaryl/α,β-unsaturated/α-hetero) is 3. The molecule has 1 aromatic heterocycles. The maximum absolute atomic E-state index is 16.3. The second-order valence-corrected chi connectivity index (χ2v) is 23.8. The molecular weight excluding hydrogens is 1120 g/mol. The Hall–Kier alpha value is -7.64. The zero-order valence-electron chi connectivity index (χ0n) is 49.7. The summed E-state index contributed by atoms with van der Waals surface area (Å²) in [5, 5.41) is 48.0. The number of likely N-dealkylation sites (tertiary alicyclic amines) is 1. The Morgan fingerprint density at radius 1 is 0.826 bits per heavy atom. The number of nitrogens with one attached hydrogen (secondary N) is 1. The summed E-state index contributed by atoms with van der Waals surface area (Å²) in [5.41, 5.74) is -2.43. The third-order valence-corrected chi connectivity index (χ3v) is 18.3. The highest BCUT2D eigenvalue weighted by Crippen LogP contribution is 2.50. The van der Waals surface area contributed by atoms with Gasteiger partial charge in [-0.25, -0.2) is 14.0 Å². The Kier molecular flexibility index (Phi) is 17.3. The van der Waals surface area contributed by atoms with Gasteiger partial charge in [-0.05, 0) is 45.3 Å². The predicted octanol–water partition coefficient (Wildman–Crippen LogP) is 5.26. The van der Waals surface area contributed by atoms with E-state index in [1.807, 2.05) is 4.90 Å². The Morgan fingerprint density at radius 2 is 1.52 bits per heavy atom. The number of benzene rings is 2. The Balaban J connectivity index is 0.903. The highest BCUT2D eigenvalue weighted by atomic mass is 19.1. The van der Waals surface area contributed by atoms with Crippen molar-refractivity contribution in [2.45, 2.75) is 110 Å². The predicted molar refractivity (Wildman–Crippen MR) is 309 cm³/mol. The number of anilines is 1. The highest BCUT2D eigenvalue weighted by Gasteiger charge is 2.53. The van der Waals surface area contributed by atoms with Gasteiger partial charge in [0.25, 0.3) is 11.7 Å². The molecule has 7 heterocycles. The van der Waals surface area contributed by atoms with Gasteiger partial charge in [-0.1, -0.05) is 45.9 Å². The molecule has 3 aromatic rings. The first-order chi connectivity index (χ1) is 40.9. The summed E-state index contributed by atoms with van der Waals surface area (Å²) in [7, 11) is 2.82. The number of carboxylic acid groups (broad SMARTS) is 1. The van der Waals surface area contributed by atoms with Crippen LogP contribution < -0.4 is 25.1 Å². The van der Waals surface area contributed by atoms with Crippen LogP contribution >= 0.6 is 0 Å². The van der Waals surface area contributed by atoms with Crippen LogP contribution in [-0.4, -0.2) is 191 Å². The molecule has 24 heteroatoms. The van der Waals surface area contributed by atoms with Gasteiger partial charge in [-0.2, -0.15) is 0 Å². The molecule has 5 bridgehead atoms. The minimum absolute atomic E-state index is 0.0339. The van der Waals surface area contributed by atoms with Gasteiger partial charge in [0.15, 0.2) is 11.6 Å². The number of aliphatic hydroxyl groups excluding tert-OH is 2. The third-order valence-electron chi connectivity index (χ3n) is 18.3. The van der Waals surface area contributed by atoms with Crippen LogP contribution in [0.3, 0.4) is 0 Å². The number of morpholine rings is 1. The summed E-state index contributed by atoms with van der Waals surface area (Å²) < 4.78 is 54.1. The summed E-state index contributed by atoms with van der Waals surface area (Å²) >= 11 is 0. The number of allylic oxidation sites excluding steroid dienone is 4. The molecule has 2 aliphatic carbocycles. The zero-order chi connectivity index (χ0) is 62.0. The summed E-state index contributed by atoms with van der Waals surface area (Å²) in [6, 6.07) is 0.928. The van der Waals surface area contributed by atoms with Crippen LogP contribution in [0.4, 0.5) is 14.9 Å². The maximum atomic E-state index is 16.3. The molecule has 6 aliphatic heterocycles. The van der Waals surface area contributed by atoms with Crippen molar-refractivity contribution in [2.24, 2.45) is 23.7 Å². The van der Waals surface area contributed by atoms with Crippen LogP contribution in [0.25, 0.3) is 10.9 Å². The number of carbonyl (C=O) groups is 6. The summed E-state index contributed by atoms with van der Waals surface area (Å²) in [4.78, 5) is 105. The fourth-order valence-electron chi connectivity index (χ4n) is 13.0. The molecule has 11 rings (SSSR count). The number of phenolic OH excluding ortho intramolecular Hbond substituents is 1. The summed E-state index contributed by atoms with van der Waals surface area (Å²) in [6.45, 7) is 14.1. The molecule has 0 spiro atoms. The number of amides is 2. The fourth-order valence-corrected chi connectivity index (χ4v) is 13.0. The molecule has 3 saturated heterocycles. The lowest BCUT2D eigenvalue weighted by Crippen LogP contribution is -2.52. The first-order valence-corrected chi connectivity index (χ1v) is 29.2. The monoisotopic (exact) mass is 1190 g/mol. The first kappa shape index (κ1) is 61.4. The van der Waals surface area contributed by atoms with Crippen LogP contribution in [0.5, 0.6) is 17.2 Å². The van der Waals surface area contributed by atoms with E-state index in [9.17, 15) is 54.0 Å². The minimum atomic E-state index is -2.16. The van der Waals surface area contributed by atoms with Crippen LogP contribution in [0.1, 0.15) is 114 Å². The number of pyridine rings is 1. The molecule has 1 unspecified atom stereocenters. The highest BCUT2D eigenvalue weighted by molar-refractivity contribution is 6.32. The molecule has 2 aromatic carbocycles. The average molecular weight is 1200 g/mol. The Labute approximate surface area is 496 Å². The van der Waals surface area contributed by atoms with Crippen molar-refractivity contribution in [3.05, 3.63) is 104 Å². The summed E-state index contributed by atoms with van der Waals surface area (Å²) in [5.74, 6) is -11.3. The van der Waals surface area contributed by atoms with E-state index in [0.717, 1.165) is 18.9 Å². The van der Waals surface area contributed by atoms with Gasteiger partial charge < -0.3 is 73.4 Å². The number of rotatable bonds is 8. The number of fused-ring (bicyclic) bond motifs is 15. The van der Waals surface area contributed by atoms with Gasteiger partial charge in [-0.3, -0.25) is 28.9 Å². The molecular formula is C62H75FN6O17. The van der Waals surface area contributed by atoms with E-state index in [2.05, 4.69) is 10.2 Å². The SMILES string of the molecule is COc1c(N2CCN(C3CCN(C(=O)O[C@H]4[C@H](C)[C@H](O)[C@H](C)[C@@H](O)[C@@H](C)/C=C/C=C(/C)C(=O)NC5=C(N6CCOCC6)C(=O)c6c(c(O)c(C)c7c6C(=O)[C@@](C)(O/C=C/[C@H](OC)[C@H]4C)O7)C5=O)C3)CC2)c(F)cc2c(=O)c(C(=O)O)cn(C3CC3)c12.